The number of anilines is 1. The molecule has 1 N–H and O–H groups in total. The number of nitrogens with zero attached hydrogens (tertiary/aromatic N) is 3. The van der Waals surface area contributed by atoms with Crippen molar-refractivity contribution in [3.05, 3.63) is 69.3 Å². The maximum absolute atomic E-state index is 4.40. The molecule has 100 valence electrons. The summed E-state index contributed by atoms with van der Waals surface area (Å²) in [7, 11) is 0. The fourth-order valence-electron chi connectivity index (χ4n) is 1.83. The van der Waals surface area contributed by atoms with Gasteiger partial charge in [0, 0.05) is 24.0 Å². The number of halogens is 1. The normalized spacial score (nSPS) is 12.1. The Morgan fingerprint density at radius 1 is 1.05 bits per heavy atom. The molecule has 0 bridgehead atoms. The average molecular weight is 347 g/mol. The van der Waals surface area contributed by atoms with Crippen molar-refractivity contribution in [2.24, 2.45) is 0 Å². The molecule has 0 amide bonds. The zero-order valence-corrected chi connectivity index (χ0v) is 12.8. The molecular formula is C14H11BrN4S. The highest BCUT2D eigenvalue weighted by molar-refractivity contribution is 9.10. The molecule has 0 aliphatic carbocycles. The molecule has 0 radical (unpaired) electrons. The Morgan fingerprint density at radius 3 is 2.45 bits per heavy atom. The Morgan fingerprint density at radius 2 is 1.80 bits per heavy atom. The van der Waals surface area contributed by atoms with Gasteiger partial charge in [0.2, 0.25) is 5.95 Å². The van der Waals surface area contributed by atoms with Crippen molar-refractivity contribution in [3.8, 4) is 0 Å². The lowest BCUT2D eigenvalue weighted by molar-refractivity contribution is 0.893. The molecule has 0 saturated carbocycles. The SMILES string of the molecule is Brc1cnc(N[C@H](c2ccccc2)c2nccs2)nc1. The summed E-state index contributed by atoms with van der Waals surface area (Å²) in [5.74, 6) is 0.581. The van der Waals surface area contributed by atoms with Crippen LogP contribution in [0.2, 0.25) is 0 Å². The summed E-state index contributed by atoms with van der Waals surface area (Å²) in [4.78, 5) is 12.9. The minimum atomic E-state index is -0.0441. The summed E-state index contributed by atoms with van der Waals surface area (Å²) in [5, 5.41) is 6.29. The van der Waals surface area contributed by atoms with Gasteiger partial charge in [-0.25, -0.2) is 15.0 Å². The second-order valence-corrected chi connectivity index (χ2v) is 5.93. The molecule has 2 heterocycles. The van der Waals surface area contributed by atoms with Crippen molar-refractivity contribution in [2.75, 3.05) is 5.32 Å². The van der Waals surface area contributed by atoms with Crippen LogP contribution >= 0.6 is 27.3 Å². The monoisotopic (exact) mass is 346 g/mol. The Balaban J connectivity index is 1.92. The van der Waals surface area contributed by atoms with Crippen molar-refractivity contribution < 1.29 is 0 Å². The summed E-state index contributed by atoms with van der Waals surface area (Å²) in [5.41, 5.74) is 1.13. The predicted octanol–water partition coefficient (Wildman–Crippen LogP) is 3.90. The third kappa shape index (κ3) is 3.02. The quantitative estimate of drug-likeness (QED) is 0.778. The standard InChI is InChI=1S/C14H11BrN4S/c15-11-8-17-14(18-9-11)19-12(13-16-6-7-20-13)10-4-2-1-3-5-10/h1-9,12H,(H,17,18,19)/t12-/m1/s1. The van der Waals surface area contributed by atoms with Gasteiger partial charge in [0.05, 0.1) is 4.47 Å². The highest BCUT2D eigenvalue weighted by Gasteiger charge is 2.17. The third-order valence-electron chi connectivity index (χ3n) is 2.73. The van der Waals surface area contributed by atoms with Crippen LogP contribution in [0.5, 0.6) is 0 Å². The van der Waals surface area contributed by atoms with Crippen LogP contribution in [-0.4, -0.2) is 15.0 Å². The molecule has 4 nitrogen and oxygen atoms in total. The molecule has 3 aromatic rings. The van der Waals surface area contributed by atoms with Gasteiger partial charge >= 0.3 is 0 Å². The highest BCUT2D eigenvalue weighted by atomic mass is 79.9. The fraction of sp³-hybridized carbons (Fsp3) is 0.0714. The molecule has 0 fully saturated rings. The van der Waals surface area contributed by atoms with Gasteiger partial charge in [-0.05, 0) is 21.5 Å². The van der Waals surface area contributed by atoms with Gasteiger partial charge in [-0.1, -0.05) is 30.3 Å². The lowest BCUT2D eigenvalue weighted by atomic mass is 10.1. The van der Waals surface area contributed by atoms with E-state index < -0.39 is 0 Å². The average Bonchev–Trinajstić information content (AvgIpc) is 3.01. The van der Waals surface area contributed by atoms with E-state index in [0.717, 1.165) is 15.0 Å². The smallest absolute Gasteiger partial charge is 0.223 e. The second-order valence-electron chi connectivity index (χ2n) is 4.08. The van der Waals surface area contributed by atoms with Crippen LogP contribution in [0.25, 0.3) is 0 Å². The van der Waals surface area contributed by atoms with Gasteiger partial charge in [0.25, 0.3) is 0 Å². The van der Waals surface area contributed by atoms with Crippen molar-refractivity contribution >= 4 is 33.2 Å². The molecule has 6 heteroatoms. The molecule has 1 atom stereocenters. The highest BCUT2D eigenvalue weighted by Crippen LogP contribution is 2.26. The van der Waals surface area contributed by atoms with E-state index in [1.54, 1.807) is 29.9 Å². The van der Waals surface area contributed by atoms with E-state index in [4.69, 9.17) is 0 Å². The van der Waals surface area contributed by atoms with E-state index in [1.165, 1.54) is 0 Å². The Kier molecular flexibility index (Phi) is 4.03. The van der Waals surface area contributed by atoms with Crippen molar-refractivity contribution in [1.82, 2.24) is 15.0 Å². The van der Waals surface area contributed by atoms with E-state index in [1.807, 2.05) is 23.6 Å². The van der Waals surface area contributed by atoms with Gasteiger partial charge < -0.3 is 5.32 Å². The Labute approximate surface area is 129 Å². The maximum atomic E-state index is 4.40. The number of aromatic nitrogens is 3. The summed E-state index contributed by atoms with van der Waals surface area (Å²) >= 11 is 4.94. The van der Waals surface area contributed by atoms with Gasteiger partial charge in [-0.2, -0.15) is 0 Å². The molecule has 0 unspecified atom stereocenters. The van der Waals surface area contributed by atoms with E-state index in [-0.39, 0.29) is 6.04 Å². The van der Waals surface area contributed by atoms with Gasteiger partial charge in [-0.3, -0.25) is 0 Å². The minimum Gasteiger partial charge on any atom is -0.341 e. The summed E-state index contributed by atoms with van der Waals surface area (Å²) in [6.45, 7) is 0. The van der Waals surface area contributed by atoms with Gasteiger partial charge in [0.15, 0.2) is 0 Å². The van der Waals surface area contributed by atoms with Gasteiger partial charge in [-0.15, -0.1) is 11.3 Å². The van der Waals surface area contributed by atoms with Crippen molar-refractivity contribution in [1.29, 1.82) is 0 Å². The molecular weight excluding hydrogens is 336 g/mol. The molecule has 20 heavy (non-hydrogen) atoms. The first-order valence-corrected chi connectivity index (χ1v) is 7.68. The minimum absolute atomic E-state index is 0.0441. The lowest BCUT2D eigenvalue weighted by Gasteiger charge is -2.16. The van der Waals surface area contributed by atoms with E-state index in [0.29, 0.717) is 5.95 Å². The van der Waals surface area contributed by atoms with Crippen LogP contribution in [-0.2, 0) is 0 Å². The number of benzene rings is 1. The van der Waals surface area contributed by atoms with Crippen molar-refractivity contribution in [3.63, 3.8) is 0 Å². The second kappa shape index (κ2) is 6.11. The molecule has 0 aliphatic heterocycles. The number of nitrogens with one attached hydrogen (secondary N) is 1. The summed E-state index contributed by atoms with van der Waals surface area (Å²) < 4.78 is 0.855. The third-order valence-corrected chi connectivity index (χ3v) is 3.97. The first-order valence-electron chi connectivity index (χ1n) is 6.01. The number of hydrogen-bond acceptors (Lipinski definition) is 5. The van der Waals surface area contributed by atoms with E-state index in [9.17, 15) is 0 Å². The van der Waals surface area contributed by atoms with Crippen LogP contribution in [0.1, 0.15) is 16.6 Å². The largest absolute Gasteiger partial charge is 0.341 e. The Bertz CT molecular complexity index is 655. The van der Waals surface area contributed by atoms with E-state index >= 15 is 0 Å². The van der Waals surface area contributed by atoms with Crippen LogP contribution in [0.15, 0.2) is 58.8 Å². The van der Waals surface area contributed by atoms with Crippen LogP contribution in [0.3, 0.4) is 0 Å². The molecule has 3 rings (SSSR count). The lowest BCUT2D eigenvalue weighted by Crippen LogP contribution is -2.13. The summed E-state index contributed by atoms with van der Waals surface area (Å²) in [6, 6.07) is 10.1. The topological polar surface area (TPSA) is 50.7 Å². The van der Waals surface area contributed by atoms with Gasteiger partial charge in [0.1, 0.15) is 11.0 Å². The molecule has 1 aromatic carbocycles. The van der Waals surface area contributed by atoms with E-state index in [2.05, 4.69) is 48.3 Å². The fourth-order valence-corrected chi connectivity index (χ4v) is 2.74. The van der Waals surface area contributed by atoms with Crippen molar-refractivity contribution in [2.45, 2.75) is 6.04 Å². The molecule has 2 aromatic heterocycles. The zero-order valence-electron chi connectivity index (χ0n) is 10.4. The maximum Gasteiger partial charge on any atom is 0.223 e. The first-order chi connectivity index (χ1) is 9.83. The summed E-state index contributed by atoms with van der Waals surface area (Å²) in [6.07, 6.45) is 5.25. The number of rotatable bonds is 4. The molecule has 0 spiro atoms. The predicted molar refractivity (Wildman–Crippen MR) is 83.8 cm³/mol. The van der Waals surface area contributed by atoms with Crippen LogP contribution in [0.4, 0.5) is 5.95 Å². The van der Waals surface area contributed by atoms with Crippen LogP contribution in [0, 0.1) is 0 Å². The first kappa shape index (κ1) is 13.2. The zero-order chi connectivity index (χ0) is 13.8. The number of thiazole rings is 1. The molecule has 0 saturated heterocycles. The Hall–Kier alpha value is -1.79. The van der Waals surface area contributed by atoms with Crippen LogP contribution < -0.4 is 5.32 Å². The molecule has 0 aliphatic rings. The number of hydrogen-bond donors (Lipinski definition) is 1.